The molecule has 4 fully saturated rings. The molecule has 0 radical (unpaired) electrons. The summed E-state index contributed by atoms with van der Waals surface area (Å²) in [6, 6.07) is 6.33. The van der Waals surface area contributed by atoms with E-state index >= 15 is 0 Å². The predicted octanol–water partition coefficient (Wildman–Crippen LogP) is -8.67. The number of amides is 8. The van der Waals surface area contributed by atoms with E-state index in [0.29, 0.717) is 4.90 Å². The van der Waals surface area contributed by atoms with Gasteiger partial charge in [-0.3, -0.25) is 39.0 Å². The van der Waals surface area contributed by atoms with Crippen LogP contribution in [0.4, 0.5) is 4.79 Å². The number of urea groups is 1. The number of carboxylic acid groups (broad SMARTS) is 2. The van der Waals surface area contributed by atoms with Gasteiger partial charge in [-0.15, -0.1) is 23.5 Å². The molecule has 4 aliphatic rings. The number of hydrogen-bond acceptors (Lipinski definition) is 14. The summed E-state index contributed by atoms with van der Waals surface area (Å²) < 4.78 is -2.02. The summed E-state index contributed by atoms with van der Waals surface area (Å²) in [5.41, 5.74) is 0.490. The van der Waals surface area contributed by atoms with Crippen molar-refractivity contribution in [2.24, 2.45) is 0 Å². The van der Waals surface area contributed by atoms with Crippen LogP contribution in [0, 0.1) is 0 Å². The molecule has 8 atom stereocenters. The molecule has 0 aliphatic carbocycles. The summed E-state index contributed by atoms with van der Waals surface area (Å²) in [4.78, 5) is 123. The van der Waals surface area contributed by atoms with Crippen LogP contribution in [0.3, 0.4) is 0 Å². The number of thioether (sulfide) groups is 2. The Balaban J connectivity index is 0.00000422. The van der Waals surface area contributed by atoms with E-state index in [1.54, 1.807) is 71.0 Å². The molecule has 23 heteroatoms. The minimum Gasteiger partial charge on any atom is -0.548 e. The van der Waals surface area contributed by atoms with Crippen LogP contribution < -0.4 is 95.9 Å². The van der Waals surface area contributed by atoms with Gasteiger partial charge in [-0.1, -0.05) is 60.7 Å². The fourth-order valence-electron chi connectivity index (χ4n) is 7.68. The van der Waals surface area contributed by atoms with Crippen LogP contribution in [-0.4, -0.2) is 132 Å². The minimum absolute atomic E-state index is 0. The number of benzene rings is 2. The monoisotopic (exact) mass is 910 g/mol. The molecule has 62 heavy (non-hydrogen) atoms. The fourth-order valence-corrected chi connectivity index (χ4v) is 10.8. The summed E-state index contributed by atoms with van der Waals surface area (Å²) in [6.07, 6.45) is 0. The molecular weight excluding hydrogens is 867 g/mol. The van der Waals surface area contributed by atoms with E-state index < -0.39 is 110 Å². The van der Waals surface area contributed by atoms with Gasteiger partial charge in [0.25, 0.3) is 0 Å². The van der Waals surface area contributed by atoms with Gasteiger partial charge in [-0.25, -0.2) is 4.79 Å². The first-order valence-electron chi connectivity index (χ1n) is 19.0. The topological polar surface area (TPSA) is 270 Å². The Labute approximate surface area is 409 Å². The Morgan fingerprint density at radius 2 is 1.31 bits per heavy atom. The number of piperazine rings is 1. The van der Waals surface area contributed by atoms with E-state index in [9.17, 15) is 53.4 Å². The molecule has 320 valence electrons. The van der Waals surface area contributed by atoms with Crippen LogP contribution in [0.2, 0.25) is 0 Å². The number of carbonyl (C=O) groups excluding carboxylic acids is 9. The van der Waals surface area contributed by atoms with Gasteiger partial charge in [0.05, 0.1) is 29.4 Å². The van der Waals surface area contributed by atoms with Crippen LogP contribution >= 0.6 is 23.5 Å². The van der Waals surface area contributed by atoms with Crippen LogP contribution in [0.25, 0.3) is 0 Å². The van der Waals surface area contributed by atoms with E-state index in [0.717, 1.165) is 16.7 Å². The fraction of sp³-hybridized carbons (Fsp3) is 0.462. The minimum atomic E-state index is -1.65. The summed E-state index contributed by atoms with van der Waals surface area (Å²) in [7, 11) is 0. The quantitative estimate of drug-likeness (QED) is 0.0711. The van der Waals surface area contributed by atoms with E-state index in [4.69, 9.17) is 0 Å². The molecule has 4 heterocycles. The summed E-state index contributed by atoms with van der Waals surface area (Å²) in [5, 5.41) is 35.5. The predicted molar refractivity (Wildman–Crippen MR) is 211 cm³/mol. The van der Waals surface area contributed by atoms with Crippen molar-refractivity contribution in [1.82, 2.24) is 41.3 Å². The zero-order valence-electron chi connectivity index (χ0n) is 35.2. The van der Waals surface area contributed by atoms with Gasteiger partial charge in [-0.2, -0.15) is 0 Å². The second-order valence-corrected chi connectivity index (χ2v) is 19.2. The first-order chi connectivity index (χ1) is 28.3. The number of nitrogens with zero attached hydrogens (tertiary/aromatic N) is 3. The Hall–Kier alpha value is -3.67. The number of hydrogen-bond donors (Lipinski definition) is 5. The maximum absolute atomic E-state index is 14.6. The largest absolute Gasteiger partial charge is 1.00 e. The molecule has 0 bridgehead atoms. The number of carbonyl (C=O) groups is 9. The van der Waals surface area contributed by atoms with Crippen LogP contribution in [0.5, 0.6) is 0 Å². The Morgan fingerprint density at radius 1 is 0.742 bits per heavy atom. The molecule has 0 saturated carbocycles. The van der Waals surface area contributed by atoms with Crippen molar-refractivity contribution < 1.29 is 112 Å². The summed E-state index contributed by atoms with van der Waals surface area (Å²) >= 11 is 2.18. The maximum atomic E-state index is 14.6. The van der Waals surface area contributed by atoms with Crippen LogP contribution in [0.1, 0.15) is 57.8 Å². The molecule has 5 N–H and O–H groups in total. The first kappa shape index (κ1) is 51.0. The number of β-lactam (4-membered cyclic amide) rings is 1. The van der Waals surface area contributed by atoms with Gasteiger partial charge in [0.15, 0.2) is 0 Å². The van der Waals surface area contributed by atoms with Gasteiger partial charge < -0.3 is 50.9 Å². The number of likely N-dealkylation sites (N-methyl/N-ethyl adjacent to an activating group) is 1. The molecule has 2 aromatic carbocycles. The Morgan fingerprint density at radius 3 is 1.82 bits per heavy atom. The number of rotatable bonds is 13. The smallest absolute Gasteiger partial charge is 0.548 e. The molecule has 19 nitrogen and oxygen atoms in total. The summed E-state index contributed by atoms with van der Waals surface area (Å²) in [5.74, 6) is -8.35. The maximum Gasteiger partial charge on any atom is 1.00 e. The standard InChI is InChI=1S/C39H46N8O11S2.2Na/c1-6-45-17-18-46(33(53)32(45)52)37(58)43-22(20-15-11-8-12-16-20)28(49)41-23(30-44-25(35(54)55)38(2,3)59-30)29(50)40-21(19-13-9-7-10-14-19)27(48)42-24-31(51)47-26(36(56)57)39(4,5)60-34(24)47;;/h7-16,21-26,30,34,44H,6,17-18H2,1-5H3,(H,40,50)(H,41,49)(H,42,48)(H,43,58)(H,54,55)(H,56,57);;/q;2*+1/p-2/t21-,22-,23?,24-,25+,26+,30?,34-;;/m1../s1. The van der Waals surface area contributed by atoms with Crippen molar-refractivity contribution in [1.29, 1.82) is 0 Å². The average Bonchev–Trinajstić information content (AvgIpc) is 3.67. The van der Waals surface area contributed by atoms with Crippen molar-refractivity contribution in [2.75, 3.05) is 19.6 Å². The van der Waals surface area contributed by atoms with Gasteiger partial charge in [0.2, 0.25) is 23.6 Å². The molecule has 8 amide bonds. The van der Waals surface area contributed by atoms with Crippen LogP contribution in [-0.2, 0) is 38.4 Å². The zero-order valence-corrected chi connectivity index (χ0v) is 40.8. The average molecular weight is 911 g/mol. The van der Waals surface area contributed by atoms with Gasteiger partial charge in [-0.05, 0) is 45.7 Å². The number of imide groups is 1. The molecule has 2 aromatic rings. The number of carboxylic acids is 2. The second kappa shape index (κ2) is 20.4. The Kier molecular flexibility index (Phi) is 16.8. The third kappa shape index (κ3) is 10.3. The third-order valence-electron chi connectivity index (χ3n) is 10.8. The van der Waals surface area contributed by atoms with E-state index in [1.165, 1.54) is 40.9 Å². The first-order valence-corrected chi connectivity index (χ1v) is 20.8. The summed E-state index contributed by atoms with van der Waals surface area (Å²) in [6.45, 7) is 8.33. The van der Waals surface area contributed by atoms with Crippen molar-refractivity contribution in [3.05, 3.63) is 71.8 Å². The van der Waals surface area contributed by atoms with E-state index in [-0.39, 0.29) is 89.9 Å². The zero-order chi connectivity index (χ0) is 43.8. The van der Waals surface area contributed by atoms with Gasteiger partial charge >= 0.3 is 77.0 Å². The molecular formula is C39H44N8Na2O11S2. The van der Waals surface area contributed by atoms with Crippen molar-refractivity contribution in [3.8, 4) is 0 Å². The van der Waals surface area contributed by atoms with Crippen molar-refractivity contribution >= 4 is 76.9 Å². The SMILES string of the molecule is CCN1CCN(C(=O)N[C@@H](C(=O)NC(C(=O)N[C@@H](C(=O)N[C@@H]2C(=O)N3[C@@H]2SC(C)(C)[C@@H]3C(=O)[O-])c2ccccc2)C2N[C@@H](C(=O)[O-])C(C)(C)S2)c2ccccc2)C(=O)C1=O.[Na+].[Na+]. The third-order valence-corrected chi connectivity index (χ3v) is 13.9. The number of aliphatic carboxylic acids is 2. The number of nitrogens with one attached hydrogen (secondary N) is 5. The Bertz CT molecular complexity index is 2100. The second-order valence-electron chi connectivity index (χ2n) is 15.6. The van der Waals surface area contributed by atoms with Crippen molar-refractivity contribution in [2.45, 2.75) is 91.1 Å². The normalized spacial score (nSPS) is 24.8. The molecule has 0 aromatic heterocycles. The van der Waals surface area contributed by atoms with Gasteiger partial charge in [0, 0.05) is 29.1 Å². The molecule has 2 unspecified atom stereocenters. The van der Waals surface area contributed by atoms with E-state index in [1.807, 2.05) is 0 Å². The van der Waals surface area contributed by atoms with Crippen molar-refractivity contribution in [3.63, 3.8) is 0 Å². The van der Waals surface area contributed by atoms with Gasteiger partial charge in [0.1, 0.15) is 29.5 Å². The molecule has 0 spiro atoms. The van der Waals surface area contributed by atoms with Crippen LogP contribution in [0.15, 0.2) is 60.7 Å². The molecule has 6 rings (SSSR count). The molecule has 4 saturated heterocycles. The molecule has 4 aliphatic heterocycles. The van der Waals surface area contributed by atoms with E-state index in [2.05, 4.69) is 26.6 Å². The number of fused-ring (bicyclic) bond motifs is 1.